The first-order valence-electron chi connectivity index (χ1n) is 8.64. The molecule has 1 saturated carbocycles. The number of rotatable bonds is 6. The summed E-state index contributed by atoms with van der Waals surface area (Å²) in [6, 6.07) is -0.512. The van der Waals surface area contributed by atoms with Crippen molar-refractivity contribution in [3.8, 4) is 0 Å². The maximum absolute atomic E-state index is 11.4. The van der Waals surface area contributed by atoms with Crippen molar-refractivity contribution in [2.24, 2.45) is 10.8 Å². The summed E-state index contributed by atoms with van der Waals surface area (Å²) >= 11 is 0. The van der Waals surface area contributed by atoms with Crippen molar-refractivity contribution in [2.45, 2.75) is 83.4 Å². The smallest absolute Gasteiger partial charge is 0.408 e. The van der Waals surface area contributed by atoms with Gasteiger partial charge in [-0.25, -0.2) is 9.59 Å². The van der Waals surface area contributed by atoms with Crippen LogP contribution in [0.5, 0.6) is 0 Å². The highest BCUT2D eigenvalue weighted by atomic mass is 16.6. The van der Waals surface area contributed by atoms with Crippen LogP contribution in [0.3, 0.4) is 0 Å². The summed E-state index contributed by atoms with van der Waals surface area (Å²) in [6.45, 7) is 5.24. The molecule has 25 heavy (non-hydrogen) atoms. The van der Waals surface area contributed by atoms with Crippen LogP contribution in [0.15, 0.2) is 5.11 Å². The molecule has 9 nitrogen and oxygen atoms in total. The summed E-state index contributed by atoms with van der Waals surface area (Å²) in [7, 11) is 0. The Morgan fingerprint density at radius 3 is 2.36 bits per heavy atom. The van der Waals surface area contributed by atoms with Gasteiger partial charge in [0.25, 0.3) is 0 Å². The molecular weight excluding hydrogens is 326 g/mol. The van der Waals surface area contributed by atoms with E-state index in [-0.39, 0.29) is 13.0 Å². The third-order valence-electron chi connectivity index (χ3n) is 3.45. The van der Waals surface area contributed by atoms with Gasteiger partial charge < -0.3 is 20.9 Å². The van der Waals surface area contributed by atoms with E-state index in [0.29, 0.717) is 12.5 Å². The number of aliphatic carboxylic acids is 1. The van der Waals surface area contributed by atoms with Crippen molar-refractivity contribution >= 4 is 12.1 Å². The Balaban J connectivity index is 0.000000676. The molecule has 0 aromatic rings. The minimum Gasteiger partial charge on any atom is -0.480 e. The van der Waals surface area contributed by atoms with Crippen molar-refractivity contribution in [2.75, 3.05) is 6.54 Å². The van der Waals surface area contributed by atoms with E-state index in [4.69, 9.17) is 21.1 Å². The normalized spacial score (nSPS) is 15.8. The van der Waals surface area contributed by atoms with Gasteiger partial charge in [0.05, 0.1) is 0 Å². The molecule has 0 saturated heterocycles. The van der Waals surface area contributed by atoms with E-state index in [1.54, 1.807) is 20.8 Å². The standard InChI is InChI=1S/C10H18N4O4.C6H13N/c1-10(2,3)18-9(17)13-7(8(15)16)5-4-6-12-14-11;7-6-4-2-1-3-5-6/h7H,4-6H2,1-3H3,(H,13,17)(H,15,16);6H,1-5,7H2/t7-;/m1./s1. The van der Waals surface area contributed by atoms with Crippen LogP contribution in [0.25, 0.3) is 10.4 Å². The van der Waals surface area contributed by atoms with Crippen LogP contribution in [0, 0.1) is 0 Å². The third-order valence-corrected chi connectivity index (χ3v) is 3.45. The van der Waals surface area contributed by atoms with E-state index >= 15 is 0 Å². The first kappa shape index (κ1) is 23.0. The predicted octanol–water partition coefficient (Wildman–Crippen LogP) is 3.33. The van der Waals surface area contributed by atoms with Crippen LogP contribution in [0.2, 0.25) is 0 Å². The van der Waals surface area contributed by atoms with Crippen molar-refractivity contribution in [1.82, 2.24) is 5.32 Å². The Hall–Kier alpha value is -1.99. The van der Waals surface area contributed by atoms with Gasteiger partial charge in [-0.15, -0.1) is 0 Å². The molecule has 0 aliphatic heterocycles. The predicted molar refractivity (Wildman–Crippen MR) is 95.1 cm³/mol. The summed E-state index contributed by atoms with van der Waals surface area (Å²) in [5.41, 5.74) is 13.0. The zero-order valence-corrected chi connectivity index (χ0v) is 15.4. The van der Waals surface area contributed by atoms with Crippen LogP contribution < -0.4 is 11.1 Å². The first-order valence-corrected chi connectivity index (χ1v) is 8.64. The molecule has 1 amide bonds. The summed E-state index contributed by atoms with van der Waals surface area (Å²) in [4.78, 5) is 24.8. The van der Waals surface area contributed by atoms with Crippen molar-refractivity contribution in [1.29, 1.82) is 0 Å². The number of carbonyl (C=O) groups excluding carboxylic acids is 1. The average molecular weight is 357 g/mol. The lowest BCUT2D eigenvalue weighted by molar-refractivity contribution is -0.139. The van der Waals surface area contributed by atoms with Crippen LogP contribution in [-0.2, 0) is 9.53 Å². The Morgan fingerprint density at radius 2 is 1.96 bits per heavy atom. The number of nitrogens with one attached hydrogen (secondary N) is 1. The minimum absolute atomic E-state index is 0.174. The molecule has 0 bridgehead atoms. The highest BCUT2D eigenvalue weighted by Crippen LogP contribution is 2.14. The van der Waals surface area contributed by atoms with Gasteiger partial charge in [0, 0.05) is 17.5 Å². The molecule has 0 unspecified atom stereocenters. The Morgan fingerprint density at radius 1 is 1.36 bits per heavy atom. The quantitative estimate of drug-likeness (QED) is 0.288. The van der Waals surface area contributed by atoms with E-state index in [1.807, 2.05) is 0 Å². The summed E-state index contributed by atoms with van der Waals surface area (Å²) in [5, 5.41) is 14.4. The average Bonchev–Trinajstić information content (AvgIpc) is 2.49. The van der Waals surface area contributed by atoms with Gasteiger partial charge in [-0.3, -0.25) is 0 Å². The van der Waals surface area contributed by atoms with Gasteiger partial charge in [0.15, 0.2) is 0 Å². The third kappa shape index (κ3) is 14.1. The second-order valence-electron chi connectivity index (χ2n) is 7.03. The maximum Gasteiger partial charge on any atom is 0.408 e. The van der Waals surface area contributed by atoms with E-state index in [0.717, 1.165) is 0 Å². The Labute approximate surface area is 148 Å². The molecule has 4 N–H and O–H groups in total. The molecule has 1 atom stereocenters. The van der Waals surface area contributed by atoms with Crippen molar-refractivity contribution in [3.63, 3.8) is 0 Å². The lowest BCUT2D eigenvalue weighted by Crippen LogP contribution is -2.43. The van der Waals surface area contributed by atoms with Gasteiger partial charge >= 0.3 is 12.1 Å². The minimum atomic E-state index is -1.15. The summed E-state index contributed by atoms with van der Waals surface area (Å²) in [6.07, 6.45) is 6.43. The number of hydrogen-bond acceptors (Lipinski definition) is 5. The molecular formula is C16H31N5O4. The number of ether oxygens (including phenoxy) is 1. The van der Waals surface area contributed by atoms with E-state index in [1.165, 1.54) is 32.1 Å². The summed E-state index contributed by atoms with van der Waals surface area (Å²) < 4.78 is 4.95. The fraction of sp³-hybridized carbons (Fsp3) is 0.875. The second-order valence-corrected chi connectivity index (χ2v) is 7.03. The molecule has 0 aromatic carbocycles. The van der Waals surface area contributed by atoms with Gasteiger partial charge in [-0.1, -0.05) is 24.4 Å². The zero-order valence-electron chi connectivity index (χ0n) is 15.4. The highest BCUT2D eigenvalue weighted by molar-refractivity contribution is 5.79. The van der Waals surface area contributed by atoms with Crippen LogP contribution in [0.1, 0.15) is 65.7 Å². The molecule has 1 rings (SSSR count). The van der Waals surface area contributed by atoms with E-state index in [9.17, 15) is 9.59 Å². The molecule has 0 radical (unpaired) electrons. The van der Waals surface area contributed by atoms with E-state index in [2.05, 4.69) is 15.3 Å². The van der Waals surface area contributed by atoms with Crippen molar-refractivity contribution in [3.05, 3.63) is 10.4 Å². The molecule has 1 fully saturated rings. The molecule has 0 spiro atoms. The number of amides is 1. The first-order chi connectivity index (χ1) is 11.7. The van der Waals surface area contributed by atoms with Crippen molar-refractivity contribution < 1.29 is 19.4 Å². The Bertz CT molecular complexity index is 452. The number of azide groups is 1. The zero-order chi connectivity index (χ0) is 19.3. The molecule has 9 heteroatoms. The maximum atomic E-state index is 11.4. The van der Waals surface area contributed by atoms with Gasteiger partial charge in [-0.2, -0.15) is 0 Å². The number of carboxylic acid groups (broad SMARTS) is 1. The molecule has 1 aliphatic carbocycles. The summed E-state index contributed by atoms with van der Waals surface area (Å²) in [5.74, 6) is -1.15. The van der Waals surface area contributed by atoms with Crippen LogP contribution in [-0.4, -0.2) is 41.4 Å². The topological polar surface area (TPSA) is 150 Å². The number of nitrogens with two attached hydrogens (primary N) is 1. The van der Waals surface area contributed by atoms with Gasteiger partial charge in [0.2, 0.25) is 0 Å². The van der Waals surface area contributed by atoms with E-state index < -0.39 is 23.7 Å². The second kappa shape index (κ2) is 12.4. The fourth-order valence-corrected chi connectivity index (χ4v) is 2.25. The number of nitrogens with zero attached hydrogens (tertiary/aromatic N) is 3. The van der Waals surface area contributed by atoms with Gasteiger partial charge in [-0.05, 0) is 52.0 Å². The lowest BCUT2D eigenvalue weighted by Gasteiger charge is -2.21. The largest absolute Gasteiger partial charge is 0.480 e. The molecule has 0 aromatic heterocycles. The molecule has 0 heterocycles. The number of hydrogen-bond donors (Lipinski definition) is 3. The van der Waals surface area contributed by atoms with Gasteiger partial charge in [0.1, 0.15) is 11.6 Å². The fourth-order valence-electron chi connectivity index (χ4n) is 2.25. The lowest BCUT2D eigenvalue weighted by atomic mass is 9.97. The number of alkyl carbamates (subject to hydrolysis) is 1. The van der Waals surface area contributed by atoms with Crippen LogP contribution in [0.4, 0.5) is 4.79 Å². The Kier molecular flexibility index (Phi) is 11.4. The molecule has 1 aliphatic rings. The molecule has 144 valence electrons. The van der Waals surface area contributed by atoms with Crippen LogP contribution >= 0.6 is 0 Å². The monoisotopic (exact) mass is 357 g/mol. The SMILES string of the molecule is CC(C)(C)OC(=O)N[C@H](CCCN=[N+]=[N-])C(=O)O.NC1CCCCC1. The highest BCUT2D eigenvalue weighted by Gasteiger charge is 2.23. The number of carbonyl (C=O) groups is 2. The number of carboxylic acids is 1.